The van der Waals surface area contributed by atoms with Crippen molar-refractivity contribution in [3.05, 3.63) is 59.2 Å². The average Bonchev–Trinajstić information content (AvgIpc) is 3.53. The lowest BCUT2D eigenvalue weighted by molar-refractivity contribution is -0.124. The Morgan fingerprint density at radius 2 is 1.86 bits per heavy atom. The number of rotatable bonds is 9. The van der Waals surface area contributed by atoms with Crippen molar-refractivity contribution in [3.8, 4) is 11.5 Å². The molecule has 0 aromatic heterocycles. The molecule has 0 radical (unpaired) electrons. The van der Waals surface area contributed by atoms with Crippen molar-refractivity contribution in [2.24, 2.45) is 0 Å². The molecule has 0 atom stereocenters. The van der Waals surface area contributed by atoms with Gasteiger partial charge in [-0.05, 0) is 49.9 Å². The molecule has 2 aromatic rings. The minimum atomic E-state index is -0.397. The molecule has 6 nitrogen and oxygen atoms in total. The molecule has 1 aliphatic rings. The van der Waals surface area contributed by atoms with E-state index in [0.717, 1.165) is 29.5 Å². The molecule has 2 aromatic carbocycles. The molecule has 154 valence electrons. The van der Waals surface area contributed by atoms with Crippen LogP contribution in [0.2, 0.25) is 0 Å². The monoisotopic (exact) mass is 396 g/mol. The largest absolute Gasteiger partial charge is 0.493 e. The van der Waals surface area contributed by atoms with Crippen molar-refractivity contribution in [1.82, 2.24) is 10.6 Å². The Bertz CT molecular complexity index is 890. The Labute approximate surface area is 171 Å². The summed E-state index contributed by atoms with van der Waals surface area (Å²) in [4.78, 5) is 24.4. The van der Waals surface area contributed by atoms with Crippen molar-refractivity contribution in [1.29, 1.82) is 0 Å². The van der Waals surface area contributed by atoms with Crippen LogP contribution >= 0.6 is 0 Å². The number of aryl methyl sites for hydroxylation is 1. The fraction of sp³-hybridized carbons (Fsp3) is 0.391. The van der Waals surface area contributed by atoms with Crippen LogP contribution in [0.4, 0.5) is 0 Å². The molecule has 0 unspecified atom stereocenters. The van der Waals surface area contributed by atoms with E-state index >= 15 is 0 Å². The van der Waals surface area contributed by atoms with Gasteiger partial charge in [0, 0.05) is 13.1 Å². The third-order valence-corrected chi connectivity index (χ3v) is 5.17. The Morgan fingerprint density at radius 3 is 2.52 bits per heavy atom. The molecular weight excluding hydrogens is 368 g/mol. The molecule has 2 amide bonds. The third-order valence-electron chi connectivity index (χ3n) is 5.17. The average molecular weight is 396 g/mol. The van der Waals surface area contributed by atoms with Crippen LogP contribution in [0.25, 0.3) is 0 Å². The van der Waals surface area contributed by atoms with Crippen LogP contribution in [0.5, 0.6) is 11.5 Å². The lowest BCUT2D eigenvalue weighted by Gasteiger charge is -2.17. The SMILES string of the molecule is CCNC(=O)COc1ccc(CNC(=O)C2(c3cccc(C)c3)CC2)cc1OC. The lowest BCUT2D eigenvalue weighted by atomic mass is 9.93. The number of carbonyl (C=O) groups excluding carboxylic acids is 2. The summed E-state index contributed by atoms with van der Waals surface area (Å²) in [5.41, 5.74) is 2.75. The third kappa shape index (κ3) is 4.88. The van der Waals surface area contributed by atoms with E-state index < -0.39 is 5.41 Å². The van der Waals surface area contributed by atoms with Crippen molar-refractivity contribution < 1.29 is 19.1 Å². The van der Waals surface area contributed by atoms with Gasteiger partial charge in [-0.1, -0.05) is 35.9 Å². The van der Waals surface area contributed by atoms with Crippen molar-refractivity contribution in [2.45, 2.75) is 38.6 Å². The van der Waals surface area contributed by atoms with Crippen LogP contribution in [0, 0.1) is 6.92 Å². The minimum absolute atomic E-state index is 0.0543. The predicted molar refractivity (Wildman–Crippen MR) is 111 cm³/mol. The molecule has 0 saturated heterocycles. The number of hydrogen-bond acceptors (Lipinski definition) is 4. The zero-order chi connectivity index (χ0) is 20.9. The predicted octanol–water partition coefficient (Wildman–Crippen LogP) is 2.87. The molecule has 0 bridgehead atoms. The zero-order valence-corrected chi connectivity index (χ0v) is 17.2. The first-order chi connectivity index (χ1) is 14.0. The van der Waals surface area contributed by atoms with E-state index in [1.54, 1.807) is 13.2 Å². The van der Waals surface area contributed by atoms with Gasteiger partial charge in [0.1, 0.15) is 0 Å². The number of hydrogen-bond donors (Lipinski definition) is 2. The highest BCUT2D eigenvalue weighted by atomic mass is 16.5. The van der Waals surface area contributed by atoms with E-state index in [1.165, 1.54) is 0 Å². The number of carbonyl (C=O) groups is 2. The van der Waals surface area contributed by atoms with Crippen LogP contribution in [0.15, 0.2) is 42.5 Å². The first kappa shape index (κ1) is 20.7. The van der Waals surface area contributed by atoms with E-state index in [9.17, 15) is 9.59 Å². The highest BCUT2D eigenvalue weighted by Crippen LogP contribution is 2.48. The summed E-state index contributed by atoms with van der Waals surface area (Å²) in [6.07, 6.45) is 1.75. The first-order valence-corrected chi connectivity index (χ1v) is 9.90. The van der Waals surface area contributed by atoms with Gasteiger partial charge in [-0.15, -0.1) is 0 Å². The summed E-state index contributed by atoms with van der Waals surface area (Å²) in [6.45, 7) is 4.78. The van der Waals surface area contributed by atoms with Crippen LogP contribution < -0.4 is 20.1 Å². The quantitative estimate of drug-likeness (QED) is 0.683. The van der Waals surface area contributed by atoms with E-state index in [0.29, 0.717) is 24.6 Å². The second-order valence-corrected chi connectivity index (χ2v) is 7.36. The van der Waals surface area contributed by atoms with Gasteiger partial charge in [0.15, 0.2) is 18.1 Å². The molecule has 0 heterocycles. The van der Waals surface area contributed by atoms with Crippen LogP contribution in [-0.2, 0) is 21.5 Å². The standard InChI is InChI=1S/C23H28N2O4/c1-4-24-21(26)15-29-19-9-8-17(13-20(19)28-3)14-25-22(27)23(10-11-23)18-7-5-6-16(2)12-18/h5-9,12-13H,4,10-11,14-15H2,1-3H3,(H,24,26)(H,25,27). The fourth-order valence-electron chi connectivity index (χ4n) is 3.40. The molecule has 3 rings (SSSR count). The molecule has 1 saturated carbocycles. The highest BCUT2D eigenvalue weighted by Gasteiger charge is 2.51. The minimum Gasteiger partial charge on any atom is -0.493 e. The van der Waals surface area contributed by atoms with Gasteiger partial charge in [0.05, 0.1) is 12.5 Å². The second-order valence-electron chi connectivity index (χ2n) is 7.36. The van der Waals surface area contributed by atoms with Gasteiger partial charge in [-0.25, -0.2) is 0 Å². The summed E-state index contributed by atoms with van der Waals surface area (Å²) < 4.78 is 10.9. The van der Waals surface area contributed by atoms with Gasteiger partial charge >= 0.3 is 0 Å². The number of amides is 2. The van der Waals surface area contributed by atoms with Crippen molar-refractivity contribution in [2.75, 3.05) is 20.3 Å². The number of benzene rings is 2. The summed E-state index contributed by atoms with van der Waals surface area (Å²) in [5.74, 6) is 0.892. The van der Waals surface area contributed by atoms with Crippen molar-refractivity contribution in [3.63, 3.8) is 0 Å². The van der Waals surface area contributed by atoms with E-state index in [2.05, 4.69) is 16.7 Å². The lowest BCUT2D eigenvalue weighted by Crippen LogP contribution is -2.34. The molecular formula is C23H28N2O4. The normalized spacial score (nSPS) is 14.0. The van der Waals surface area contributed by atoms with E-state index in [1.807, 2.05) is 44.2 Å². The topological polar surface area (TPSA) is 76.7 Å². The molecule has 0 spiro atoms. The Hall–Kier alpha value is -3.02. The highest BCUT2D eigenvalue weighted by molar-refractivity contribution is 5.91. The van der Waals surface area contributed by atoms with E-state index in [4.69, 9.17) is 9.47 Å². The molecule has 1 aliphatic carbocycles. The second kappa shape index (κ2) is 8.99. The summed E-state index contributed by atoms with van der Waals surface area (Å²) in [7, 11) is 1.55. The Morgan fingerprint density at radius 1 is 1.07 bits per heavy atom. The van der Waals surface area contributed by atoms with Gasteiger partial charge < -0.3 is 20.1 Å². The molecule has 1 fully saturated rings. The maximum Gasteiger partial charge on any atom is 0.257 e. The maximum absolute atomic E-state index is 12.9. The van der Waals surface area contributed by atoms with Gasteiger partial charge in [-0.3, -0.25) is 9.59 Å². The smallest absolute Gasteiger partial charge is 0.257 e. The summed E-state index contributed by atoms with van der Waals surface area (Å²) in [6, 6.07) is 13.6. The zero-order valence-electron chi connectivity index (χ0n) is 17.2. The fourth-order valence-corrected chi connectivity index (χ4v) is 3.40. The number of methoxy groups -OCH3 is 1. The van der Waals surface area contributed by atoms with Crippen molar-refractivity contribution >= 4 is 11.8 Å². The van der Waals surface area contributed by atoms with Gasteiger partial charge in [-0.2, -0.15) is 0 Å². The Kier molecular flexibility index (Phi) is 6.42. The molecule has 29 heavy (non-hydrogen) atoms. The maximum atomic E-state index is 12.9. The van der Waals surface area contributed by atoms with Crippen LogP contribution in [0.1, 0.15) is 36.5 Å². The summed E-state index contributed by atoms with van der Waals surface area (Å²) >= 11 is 0. The first-order valence-electron chi connectivity index (χ1n) is 9.90. The van der Waals surface area contributed by atoms with E-state index in [-0.39, 0.29) is 18.4 Å². The number of ether oxygens (including phenoxy) is 2. The van der Waals surface area contributed by atoms with Gasteiger partial charge in [0.2, 0.25) is 5.91 Å². The summed E-state index contributed by atoms with van der Waals surface area (Å²) in [5, 5.41) is 5.74. The molecule has 6 heteroatoms. The molecule has 0 aliphatic heterocycles. The van der Waals surface area contributed by atoms with Crippen LogP contribution in [-0.4, -0.2) is 32.1 Å². The number of likely N-dealkylation sites (N-methyl/N-ethyl adjacent to an activating group) is 1. The van der Waals surface area contributed by atoms with Gasteiger partial charge in [0.25, 0.3) is 5.91 Å². The number of nitrogens with one attached hydrogen (secondary N) is 2. The Balaban J connectivity index is 1.62. The molecule has 2 N–H and O–H groups in total. The van der Waals surface area contributed by atoms with Crippen LogP contribution in [0.3, 0.4) is 0 Å².